The minimum atomic E-state index is 0.899. The Morgan fingerprint density at radius 3 is 2.04 bits per heavy atom. The second-order valence-corrected chi connectivity index (χ2v) is 5.64. The first-order valence-corrected chi connectivity index (χ1v) is 9.60. The molecule has 0 fully saturated rings. The van der Waals surface area contributed by atoms with Gasteiger partial charge in [-0.1, -0.05) is 88.7 Å². The lowest BCUT2D eigenvalue weighted by Crippen LogP contribution is -1.95. The van der Waals surface area contributed by atoms with Gasteiger partial charge in [0.25, 0.3) is 0 Å². The number of fused-ring (bicyclic) bond motifs is 3. The van der Waals surface area contributed by atoms with Gasteiger partial charge >= 0.3 is 0 Å². The summed E-state index contributed by atoms with van der Waals surface area (Å²) >= 11 is 0. The van der Waals surface area contributed by atoms with Crippen LogP contribution in [0, 0.1) is 6.92 Å². The number of aryl methyl sites for hydroxylation is 2. The number of nitrogens with zero attached hydrogens (tertiary/aromatic N) is 3. The fourth-order valence-corrected chi connectivity index (χ4v) is 2.96. The van der Waals surface area contributed by atoms with Crippen LogP contribution in [0.5, 0.6) is 0 Å². The fourth-order valence-electron chi connectivity index (χ4n) is 2.96. The van der Waals surface area contributed by atoms with Crippen LogP contribution in [-0.4, -0.2) is 14.6 Å². The average molecular weight is 348 g/mol. The molecule has 4 rings (SSSR count). The summed E-state index contributed by atoms with van der Waals surface area (Å²) in [6.45, 7) is 12.3. The van der Waals surface area contributed by atoms with E-state index in [4.69, 9.17) is 0 Å². The first-order chi connectivity index (χ1) is 12.8. The number of pyridine rings is 1. The van der Waals surface area contributed by atoms with Crippen LogP contribution >= 0.6 is 0 Å². The van der Waals surface area contributed by atoms with Crippen molar-refractivity contribution in [3.05, 3.63) is 65.9 Å². The quantitative estimate of drug-likeness (QED) is 0.416. The molecule has 0 amide bonds. The molecule has 0 saturated carbocycles. The third kappa shape index (κ3) is 3.62. The second kappa shape index (κ2) is 9.14. The number of rotatable bonds is 2. The second-order valence-electron chi connectivity index (χ2n) is 5.64. The van der Waals surface area contributed by atoms with Crippen LogP contribution in [0.1, 0.15) is 45.7 Å². The Kier molecular flexibility index (Phi) is 6.90. The van der Waals surface area contributed by atoms with Crippen LogP contribution in [0.15, 0.2) is 54.7 Å². The molecule has 0 aliphatic carbocycles. The Labute approximate surface area is 156 Å². The molecule has 3 nitrogen and oxygen atoms in total. The van der Waals surface area contributed by atoms with E-state index >= 15 is 0 Å². The Morgan fingerprint density at radius 1 is 0.808 bits per heavy atom. The smallest absolute Gasteiger partial charge is 0.168 e. The van der Waals surface area contributed by atoms with E-state index in [0.717, 1.165) is 28.8 Å². The highest BCUT2D eigenvalue weighted by Crippen LogP contribution is 2.27. The van der Waals surface area contributed by atoms with E-state index < -0.39 is 0 Å². The van der Waals surface area contributed by atoms with Crippen LogP contribution in [0.3, 0.4) is 0 Å². The first kappa shape index (κ1) is 19.6. The molecule has 4 aromatic rings. The van der Waals surface area contributed by atoms with Crippen molar-refractivity contribution in [2.45, 2.75) is 48.0 Å². The van der Waals surface area contributed by atoms with Crippen molar-refractivity contribution in [2.24, 2.45) is 0 Å². The van der Waals surface area contributed by atoms with E-state index in [-0.39, 0.29) is 0 Å². The minimum Gasteiger partial charge on any atom is -0.282 e. The van der Waals surface area contributed by atoms with Crippen molar-refractivity contribution in [2.75, 3.05) is 0 Å². The number of benzene rings is 2. The Hall–Kier alpha value is -2.68. The minimum absolute atomic E-state index is 0.899. The molecule has 0 spiro atoms. The molecule has 2 aromatic heterocycles. The summed E-state index contributed by atoms with van der Waals surface area (Å²) in [5, 5.41) is 11.3. The summed E-state index contributed by atoms with van der Waals surface area (Å²) in [6, 6.07) is 16.8. The summed E-state index contributed by atoms with van der Waals surface area (Å²) in [6.07, 6.45) is 3.16. The molecule has 26 heavy (non-hydrogen) atoms. The van der Waals surface area contributed by atoms with E-state index in [1.165, 1.54) is 16.5 Å². The van der Waals surface area contributed by atoms with Crippen molar-refractivity contribution < 1.29 is 0 Å². The monoisotopic (exact) mass is 347 g/mol. The summed E-state index contributed by atoms with van der Waals surface area (Å²) in [5.41, 5.74) is 4.58. The van der Waals surface area contributed by atoms with Crippen molar-refractivity contribution in [1.82, 2.24) is 14.6 Å². The van der Waals surface area contributed by atoms with Gasteiger partial charge in [0.15, 0.2) is 11.5 Å². The van der Waals surface area contributed by atoms with Gasteiger partial charge in [0.05, 0.1) is 0 Å². The van der Waals surface area contributed by atoms with Gasteiger partial charge in [0.1, 0.15) is 0 Å². The van der Waals surface area contributed by atoms with Crippen molar-refractivity contribution in [1.29, 1.82) is 0 Å². The highest BCUT2D eigenvalue weighted by atomic mass is 15.2. The van der Waals surface area contributed by atoms with Crippen molar-refractivity contribution >= 4 is 16.4 Å². The molecule has 0 radical (unpaired) electrons. The summed E-state index contributed by atoms with van der Waals surface area (Å²) in [7, 11) is 0. The predicted molar refractivity (Wildman–Crippen MR) is 113 cm³/mol. The van der Waals surface area contributed by atoms with Gasteiger partial charge in [0.2, 0.25) is 0 Å². The van der Waals surface area contributed by atoms with Crippen LogP contribution in [-0.2, 0) is 6.42 Å². The zero-order valence-corrected chi connectivity index (χ0v) is 16.7. The average Bonchev–Trinajstić information content (AvgIpc) is 3.15. The van der Waals surface area contributed by atoms with Gasteiger partial charge < -0.3 is 0 Å². The van der Waals surface area contributed by atoms with Crippen LogP contribution in [0.25, 0.3) is 27.8 Å². The van der Waals surface area contributed by atoms with Crippen LogP contribution < -0.4 is 0 Å². The topological polar surface area (TPSA) is 30.2 Å². The van der Waals surface area contributed by atoms with Gasteiger partial charge in [-0.25, -0.2) is 0 Å². The number of aromatic nitrogens is 3. The zero-order valence-electron chi connectivity index (χ0n) is 16.7. The SMILES string of the molecule is CC.CC.CCc1cn2c(-c3ccc(C)cc3)nnc2c2ccccc12. The standard InChI is InChI=1S/C19H17N3.2C2H6/c1-3-14-12-22-18(15-10-8-13(2)9-11-15)20-21-19(22)17-7-5-4-6-16(14)17;2*1-2/h4-12H,3H2,1-2H3;2*1-2H3. The molecule has 0 bridgehead atoms. The number of hydrogen-bond acceptors (Lipinski definition) is 2. The molecule has 3 heteroatoms. The van der Waals surface area contributed by atoms with E-state index in [9.17, 15) is 0 Å². The molecule has 0 aliphatic heterocycles. The normalized spacial score (nSPS) is 10.1. The Balaban J connectivity index is 0.000000570. The maximum absolute atomic E-state index is 4.43. The molecule has 0 atom stereocenters. The van der Waals surface area contributed by atoms with E-state index in [1.54, 1.807) is 0 Å². The maximum atomic E-state index is 4.43. The summed E-state index contributed by atoms with van der Waals surface area (Å²) in [5.74, 6) is 0.899. The third-order valence-corrected chi connectivity index (χ3v) is 4.19. The van der Waals surface area contributed by atoms with Gasteiger partial charge in [0, 0.05) is 17.1 Å². The zero-order chi connectivity index (χ0) is 19.1. The molecule has 0 N–H and O–H groups in total. The van der Waals surface area contributed by atoms with Crippen LogP contribution in [0.4, 0.5) is 0 Å². The maximum Gasteiger partial charge on any atom is 0.168 e. The first-order valence-electron chi connectivity index (χ1n) is 9.60. The molecule has 136 valence electrons. The molecule has 0 saturated heterocycles. The van der Waals surface area contributed by atoms with Gasteiger partial charge in [-0.15, -0.1) is 10.2 Å². The molecule has 2 heterocycles. The lowest BCUT2D eigenvalue weighted by Gasteiger charge is -2.08. The van der Waals surface area contributed by atoms with E-state index in [0.29, 0.717) is 0 Å². The lowest BCUT2D eigenvalue weighted by atomic mass is 10.1. The molecule has 0 aliphatic rings. The highest BCUT2D eigenvalue weighted by molar-refractivity contribution is 5.96. The van der Waals surface area contributed by atoms with Gasteiger partial charge in [-0.2, -0.15) is 0 Å². The molecule has 2 aromatic carbocycles. The summed E-state index contributed by atoms with van der Waals surface area (Å²) in [4.78, 5) is 0. The fraction of sp³-hybridized carbons (Fsp3) is 0.304. The Morgan fingerprint density at radius 2 is 1.42 bits per heavy atom. The predicted octanol–water partition coefficient (Wildman–Crippen LogP) is 6.47. The largest absolute Gasteiger partial charge is 0.282 e. The Bertz CT molecular complexity index is 966. The molecule has 0 unspecified atom stereocenters. The third-order valence-electron chi connectivity index (χ3n) is 4.19. The molecular weight excluding hydrogens is 318 g/mol. The number of hydrogen-bond donors (Lipinski definition) is 0. The van der Waals surface area contributed by atoms with Crippen molar-refractivity contribution in [3.63, 3.8) is 0 Å². The van der Waals surface area contributed by atoms with Crippen LogP contribution in [0.2, 0.25) is 0 Å². The highest BCUT2D eigenvalue weighted by Gasteiger charge is 2.12. The van der Waals surface area contributed by atoms with Crippen molar-refractivity contribution in [3.8, 4) is 11.4 Å². The van der Waals surface area contributed by atoms with Gasteiger partial charge in [-0.05, 0) is 24.3 Å². The van der Waals surface area contributed by atoms with Gasteiger partial charge in [-0.3, -0.25) is 4.40 Å². The lowest BCUT2D eigenvalue weighted by molar-refractivity contribution is 1.08. The van der Waals surface area contributed by atoms with E-state index in [2.05, 4.69) is 83.2 Å². The molecular formula is C23H29N3. The van der Waals surface area contributed by atoms with E-state index in [1.807, 2.05) is 27.7 Å². The summed E-state index contributed by atoms with van der Waals surface area (Å²) < 4.78 is 2.12.